The summed E-state index contributed by atoms with van der Waals surface area (Å²) in [6.45, 7) is 3.05. The van der Waals surface area contributed by atoms with Crippen LogP contribution < -0.4 is 5.32 Å². The predicted octanol–water partition coefficient (Wildman–Crippen LogP) is 3.72. The maximum absolute atomic E-state index is 12.2. The summed E-state index contributed by atoms with van der Waals surface area (Å²) in [5, 5.41) is 14.0. The molecule has 0 aliphatic rings. The lowest BCUT2D eigenvalue weighted by atomic mass is 10.0. The fourth-order valence-electron chi connectivity index (χ4n) is 2.81. The molecule has 7 heteroatoms. The van der Waals surface area contributed by atoms with Crippen LogP contribution in [-0.2, 0) is 9.53 Å². The van der Waals surface area contributed by atoms with E-state index in [1.807, 2.05) is 37.3 Å². The third-order valence-electron chi connectivity index (χ3n) is 4.09. The number of esters is 1. The van der Waals surface area contributed by atoms with E-state index in [0.29, 0.717) is 5.56 Å². The summed E-state index contributed by atoms with van der Waals surface area (Å²) in [7, 11) is 0. The topological polar surface area (TPSA) is 98.5 Å². The number of para-hydroxylation sites is 1. The van der Waals surface area contributed by atoms with Gasteiger partial charge in [-0.15, -0.1) is 0 Å². The number of hydrogen-bond acceptors (Lipinski definition) is 5. The van der Waals surface area contributed by atoms with Crippen molar-refractivity contribution in [3.05, 3.63) is 75.3 Å². The van der Waals surface area contributed by atoms with Crippen molar-refractivity contribution in [1.29, 1.82) is 0 Å². The Morgan fingerprint density at radius 2 is 1.85 bits per heavy atom. The Morgan fingerprint density at radius 3 is 2.48 bits per heavy atom. The van der Waals surface area contributed by atoms with Crippen molar-refractivity contribution in [3.63, 3.8) is 0 Å². The molecule has 2 aromatic rings. The molecule has 2 aromatic carbocycles. The number of nitrogens with zero attached hydrogens (tertiary/aromatic N) is 1. The molecule has 0 bridgehead atoms. The number of rotatable bonds is 8. The van der Waals surface area contributed by atoms with Crippen molar-refractivity contribution < 1.29 is 19.2 Å². The van der Waals surface area contributed by atoms with Gasteiger partial charge in [-0.2, -0.15) is 0 Å². The van der Waals surface area contributed by atoms with Crippen LogP contribution >= 0.6 is 0 Å². The van der Waals surface area contributed by atoms with Crippen LogP contribution in [0.1, 0.15) is 47.3 Å². The Hall–Kier alpha value is -3.22. The summed E-state index contributed by atoms with van der Waals surface area (Å²) >= 11 is 0. The van der Waals surface area contributed by atoms with Gasteiger partial charge in [-0.3, -0.25) is 14.9 Å². The molecule has 0 radical (unpaired) electrons. The van der Waals surface area contributed by atoms with E-state index < -0.39 is 23.4 Å². The number of aryl methyl sites for hydroxylation is 1. The first kappa shape index (κ1) is 20.1. The molecule has 0 aliphatic heterocycles. The second-order valence-corrected chi connectivity index (χ2v) is 6.12. The van der Waals surface area contributed by atoms with Crippen LogP contribution in [0.4, 0.5) is 5.69 Å². The number of nitrogens with one attached hydrogen (secondary N) is 1. The Kier molecular flexibility index (Phi) is 7.05. The number of amides is 1. The molecule has 0 aliphatic carbocycles. The van der Waals surface area contributed by atoms with Crippen LogP contribution in [0, 0.1) is 17.0 Å². The van der Waals surface area contributed by atoms with Crippen LogP contribution in [0.15, 0.2) is 48.5 Å². The van der Waals surface area contributed by atoms with Gasteiger partial charge in [-0.25, -0.2) is 4.79 Å². The first-order valence-corrected chi connectivity index (χ1v) is 8.69. The van der Waals surface area contributed by atoms with E-state index in [0.717, 1.165) is 18.4 Å². The highest BCUT2D eigenvalue weighted by atomic mass is 16.6. The van der Waals surface area contributed by atoms with Crippen molar-refractivity contribution in [1.82, 2.24) is 5.32 Å². The molecule has 7 nitrogen and oxygen atoms in total. The van der Waals surface area contributed by atoms with Gasteiger partial charge in [0.2, 0.25) is 0 Å². The van der Waals surface area contributed by atoms with Gasteiger partial charge in [0.05, 0.1) is 11.0 Å². The molecule has 2 rings (SSSR count). The average Bonchev–Trinajstić information content (AvgIpc) is 2.66. The van der Waals surface area contributed by atoms with E-state index in [4.69, 9.17) is 4.74 Å². The van der Waals surface area contributed by atoms with E-state index in [1.54, 1.807) is 0 Å². The lowest BCUT2D eigenvalue weighted by molar-refractivity contribution is -0.385. The van der Waals surface area contributed by atoms with Gasteiger partial charge in [0.1, 0.15) is 5.56 Å². The smallest absolute Gasteiger partial charge is 0.345 e. The molecular formula is C20H22N2O5. The maximum Gasteiger partial charge on any atom is 0.345 e. The lowest BCUT2D eigenvalue weighted by Gasteiger charge is -2.18. The van der Waals surface area contributed by atoms with E-state index in [-0.39, 0.29) is 17.3 Å². The van der Waals surface area contributed by atoms with Gasteiger partial charge in [0.15, 0.2) is 6.61 Å². The Labute approximate surface area is 157 Å². The van der Waals surface area contributed by atoms with Crippen molar-refractivity contribution in [2.45, 2.75) is 32.7 Å². The van der Waals surface area contributed by atoms with Gasteiger partial charge in [0.25, 0.3) is 11.6 Å². The monoisotopic (exact) mass is 370 g/mol. The van der Waals surface area contributed by atoms with Crippen molar-refractivity contribution in [3.8, 4) is 0 Å². The predicted molar refractivity (Wildman–Crippen MR) is 100 cm³/mol. The molecule has 1 amide bonds. The molecular weight excluding hydrogens is 348 g/mol. The van der Waals surface area contributed by atoms with Gasteiger partial charge >= 0.3 is 5.97 Å². The van der Waals surface area contributed by atoms with Crippen molar-refractivity contribution in [2.24, 2.45) is 0 Å². The second-order valence-electron chi connectivity index (χ2n) is 6.12. The number of hydrogen-bond donors (Lipinski definition) is 1. The highest BCUT2D eigenvalue weighted by Crippen LogP contribution is 2.24. The molecule has 0 unspecified atom stereocenters. The Bertz CT molecular complexity index is 820. The Morgan fingerprint density at radius 1 is 1.15 bits per heavy atom. The zero-order chi connectivity index (χ0) is 19.8. The number of nitro benzene ring substituents is 1. The van der Waals surface area contributed by atoms with Gasteiger partial charge in [0, 0.05) is 5.56 Å². The SMILES string of the molecule is CCC[C@@H](NC(=O)COC(=O)c1cccc(C)c1[N+](=O)[O-])c1ccccc1. The summed E-state index contributed by atoms with van der Waals surface area (Å²) in [5.74, 6) is -1.35. The number of carbonyl (C=O) groups excluding carboxylic acids is 2. The third-order valence-corrected chi connectivity index (χ3v) is 4.09. The highest BCUT2D eigenvalue weighted by Gasteiger charge is 2.24. The van der Waals surface area contributed by atoms with Crippen LogP contribution in [0.25, 0.3) is 0 Å². The quantitative estimate of drug-likeness (QED) is 0.434. The zero-order valence-corrected chi connectivity index (χ0v) is 15.3. The summed E-state index contributed by atoms with van der Waals surface area (Å²) in [4.78, 5) is 35.0. The largest absolute Gasteiger partial charge is 0.452 e. The molecule has 1 N–H and O–H groups in total. The standard InChI is InChI=1S/C20H22N2O5/c1-3-8-17(15-10-5-4-6-11-15)21-18(23)13-27-20(24)16-12-7-9-14(2)19(16)22(25)26/h4-7,9-12,17H,3,8,13H2,1-2H3,(H,21,23)/t17-/m1/s1. The molecule has 0 saturated carbocycles. The minimum absolute atomic E-state index is 0.166. The molecule has 0 saturated heterocycles. The first-order chi connectivity index (χ1) is 12.9. The number of benzene rings is 2. The van der Waals surface area contributed by atoms with Gasteiger partial charge in [-0.05, 0) is 25.0 Å². The molecule has 0 spiro atoms. The zero-order valence-electron chi connectivity index (χ0n) is 15.3. The van der Waals surface area contributed by atoms with Gasteiger partial charge in [-0.1, -0.05) is 55.8 Å². The van der Waals surface area contributed by atoms with Crippen LogP contribution in [-0.4, -0.2) is 23.4 Å². The first-order valence-electron chi connectivity index (χ1n) is 8.69. The minimum atomic E-state index is -0.896. The van der Waals surface area contributed by atoms with E-state index in [1.165, 1.54) is 25.1 Å². The molecule has 1 atom stereocenters. The van der Waals surface area contributed by atoms with Crippen molar-refractivity contribution >= 4 is 17.6 Å². The normalized spacial score (nSPS) is 11.5. The highest BCUT2D eigenvalue weighted by molar-refractivity contribution is 5.95. The van der Waals surface area contributed by atoms with Gasteiger partial charge < -0.3 is 10.1 Å². The molecule has 0 aromatic heterocycles. The van der Waals surface area contributed by atoms with E-state index in [2.05, 4.69) is 5.32 Å². The molecule has 142 valence electrons. The van der Waals surface area contributed by atoms with Crippen molar-refractivity contribution in [2.75, 3.05) is 6.61 Å². The lowest BCUT2D eigenvalue weighted by Crippen LogP contribution is -2.32. The minimum Gasteiger partial charge on any atom is -0.452 e. The van der Waals surface area contributed by atoms with Crippen LogP contribution in [0.5, 0.6) is 0 Å². The summed E-state index contributed by atoms with van der Waals surface area (Å²) in [6, 6.07) is 13.7. The maximum atomic E-state index is 12.2. The molecule has 27 heavy (non-hydrogen) atoms. The van der Waals surface area contributed by atoms with E-state index >= 15 is 0 Å². The molecule has 0 fully saturated rings. The summed E-state index contributed by atoms with van der Waals surface area (Å²) in [6.07, 6.45) is 1.61. The van der Waals surface area contributed by atoms with Crippen LogP contribution in [0.2, 0.25) is 0 Å². The average molecular weight is 370 g/mol. The number of nitro groups is 1. The fraction of sp³-hybridized carbons (Fsp3) is 0.300. The summed E-state index contributed by atoms with van der Waals surface area (Å²) < 4.78 is 5.00. The number of carbonyl (C=O) groups is 2. The number of ether oxygens (including phenoxy) is 1. The Balaban J connectivity index is 2.02. The third kappa shape index (κ3) is 5.37. The fourth-order valence-corrected chi connectivity index (χ4v) is 2.81. The summed E-state index contributed by atoms with van der Waals surface area (Å²) in [5.41, 5.74) is 0.844. The van der Waals surface area contributed by atoms with E-state index in [9.17, 15) is 19.7 Å². The molecule has 0 heterocycles. The second kappa shape index (κ2) is 9.47. The van der Waals surface area contributed by atoms with Crippen LogP contribution in [0.3, 0.4) is 0 Å².